The van der Waals surface area contributed by atoms with Crippen molar-refractivity contribution in [2.75, 3.05) is 0 Å². The third-order valence-electron chi connectivity index (χ3n) is 2.58. The summed E-state index contributed by atoms with van der Waals surface area (Å²) in [6, 6.07) is 3.69. The molecule has 0 fully saturated rings. The van der Waals surface area contributed by atoms with Crippen LogP contribution in [0, 0.1) is 5.82 Å². The molecular formula is C12H11BrF4O. The molecule has 0 radical (unpaired) electrons. The molecule has 0 atom stereocenters. The summed E-state index contributed by atoms with van der Waals surface area (Å²) >= 11 is 3.09. The number of Topliss-reactive ketones (excluding diaryl/α,β-unsaturated/α-hetero) is 1. The highest BCUT2D eigenvalue weighted by Crippen LogP contribution is 2.35. The SMILES string of the molecule is CC(C)(CC(=O)C(F)(F)F)c1ccc(F)cc1Br. The Labute approximate surface area is 110 Å². The van der Waals surface area contributed by atoms with Gasteiger partial charge in [0.25, 0.3) is 0 Å². The number of halogens is 5. The van der Waals surface area contributed by atoms with Crippen molar-refractivity contribution in [2.24, 2.45) is 0 Å². The quantitative estimate of drug-likeness (QED) is 0.753. The number of carbonyl (C=O) groups is 1. The zero-order valence-electron chi connectivity index (χ0n) is 9.74. The fraction of sp³-hybridized carbons (Fsp3) is 0.417. The van der Waals surface area contributed by atoms with Gasteiger partial charge in [0.05, 0.1) is 0 Å². The first-order valence-corrected chi connectivity index (χ1v) is 5.89. The number of rotatable bonds is 3. The molecule has 0 N–H and O–H groups in total. The van der Waals surface area contributed by atoms with Crippen LogP contribution in [0.15, 0.2) is 22.7 Å². The molecule has 0 saturated heterocycles. The molecule has 0 bridgehead atoms. The normalized spacial score (nSPS) is 12.6. The van der Waals surface area contributed by atoms with Gasteiger partial charge in [-0.15, -0.1) is 0 Å². The Bertz CT molecular complexity index is 466. The van der Waals surface area contributed by atoms with Gasteiger partial charge in [0.15, 0.2) is 0 Å². The van der Waals surface area contributed by atoms with Gasteiger partial charge in [-0.25, -0.2) is 4.39 Å². The lowest BCUT2D eigenvalue weighted by atomic mass is 9.80. The average Bonchev–Trinajstić information content (AvgIpc) is 2.14. The van der Waals surface area contributed by atoms with Crippen molar-refractivity contribution in [1.29, 1.82) is 0 Å². The van der Waals surface area contributed by atoms with Gasteiger partial charge in [-0.05, 0) is 23.1 Å². The van der Waals surface area contributed by atoms with Gasteiger partial charge in [0.2, 0.25) is 5.78 Å². The summed E-state index contributed by atoms with van der Waals surface area (Å²) in [4.78, 5) is 11.0. The average molecular weight is 327 g/mol. The maximum Gasteiger partial charge on any atom is 0.450 e. The van der Waals surface area contributed by atoms with Gasteiger partial charge in [-0.1, -0.05) is 35.8 Å². The Balaban J connectivity index is 3.03. The van der Waals surface area contributed by atoms with Crippen LogP contribution in [0.1, 0.15) is 25.8 Å². The first-order chi connectivity index (χ1) is 8.04. The molecule has 0 aliphatic rings. The van der Waals surface area contributed by atoms with E-state index in [1.807, 2.05) is 0 Å². The minimum Gasteiger partial charge on any atom is -0.290 e. The van der Waals surface area contributed by atoms with Crippen LogP contribution in [0.25, 0.3) is 0 Å². The Hall–Kier alpha value is -0.910. The van der Waals surface area contributed by atoms with Crippen LogP contribution in [0.2, 0.25) is 0 Å². The summed E-state index contributed by atoms with van der Waals surface area (Å²) in [5, 5.41) is 0. The molecular weight excluding hydrogens is 316 g/mol. The van der Waals surface area contributed by atoms with Crippen LogP contribution in [0.3, 0.4) is 0 Å². The van der Waals surface area contributed by atoms with E-state index in [0.717, 1.165) is 12.1 Å². The summed E-state index contributed by atoms with van der Waals surface area (Å²) in [7, 11) is 0. The predicted octanol–water partition coefficient (Wildman–Crippen LogP) is 4.39. The van der Waals surface area contributed by atoms with Crippen molar-refractivity contribution in [3.63, 3.8) is 0 Å². The molecule has 1 rings (SSSR count). The first kappa shape index (κ1) is 15.1. The van der Waals surface area contributed by atoms with Crippen LogP contribution in [-0.4, -0.2) is 12.0 Å². The standard InChI is InChI=1S/C12H11BrF4O/c1-11(2,6-10(18)12(15,16)17)8-4-3-7(14)5-9(8)13/h3-5H,6H2,1-2H3. The third-order valence-corrected chi connectivity index (χ3v) is 3.24. The molecule has 1 aromatic carbocycles. The number of alkyl halides is 3. The lowest BCUT2D eigenvalue weighted by Gasteiger charge is -2.26. The van der Waals surface area contributed by atoms with E-state index < -0.39 is 29.6 Å². The van der Waals surface area contributed by atoms with E-state index in [9.17, 15) is 22.4 Å². The Morgan fingerprint density at radius 2 is 1.83 bits per heavy atom. The summed E-state index contributed by atoms with van der Waals surface area (Å²) in [5.41, 5.74) is -0.569. The molecule has 100 valence electrons. The lowest BCUT2D eigenvalue weighted by Crippen LogP contribution is -2.31. The van der Waals surface area contributed by atoms with Crippen molar-refractivity contribution in [1.82, 2.24) is 0 Å². The highest BCUT2D eigenvalue weighted by atomic mass is 79.9. The van der Waals surface area contributed by atoms with Gasteiger partial charge in [-0.3, -0.25) is 4.79 Å². The molecule has 0 amide bonds. The molecule has 0 saturated carbocycles. The van der Waals surface area contributed by atoms with Gasteiger partial charge in [0.1, 0.15) is 5.82 Å². The van der Waals surface area contributed by atoms with E-state index in [2.05, 4.69) is 15.9 Å². The van der Waals surface area contributed by atoms with E-state index in [0.29, 0.717) is 10.0 Å². The maximum atomic E-state index is 12.9. The second kappa shape index (κ2) is 4.99. The highest BCUT2D eigenvalue weighted by molar-refractivity contribution is 9.10. The minimum absolute atomic E-state index is 0.350. The van der Waals surface area contributed by atoms with Crippen LogP contribution in [0.5, 0.6) is 0 Å². The molecule has 0 spiro atoms. The van der Waals surface area contributed by atoms with Crippen molar-refractivity contribution >= 4 is 21.7 Å². The van der Waals surface area contributed by atoms with E-state index >= 15 is 0 Å². The van der Waals surface area contributed by atoms with E-state index in [-0.39, 0.29) is 0 Å². The second-order valence-electron chi connectivity index (χ2n) is 4.61. The summed E-state index contributed by atoms with van der Waals surface area (Å²) in [6.45, 7) is 3.02. The Morgan fingerprint density at radius 3 is 2.28 bits per heavy atom. The van der Waals surface area contributed by atoms with Crippen molar-refractivity contribution in [3.05, 3.63) is 34.1 Å². The number of benzene rings is 1. The Morgan fingerprint density at radius 1 is 1.28 bits per heavy atom. The lowest BCUT2D eigenvalue weighted by molar-refractivity contribution is -0.172. The molecule has 0 aromatic heterocycles. The molecule has 6 heteroatoms. The van der Waals surface area contributed by atoms with Gasteiger partial charge in [0, 0.05) is 10.9 Å². The van der Waals surface area contributed by atoms with Crippen molar-refractivity contribution in [2.45, 2.75) is 31.9 Å². The summed E-state index contributed by atoms with van der Waals surface area (Å²) in [5.74, 6) is -2.28. The second-order valence-corrected chi connectivity index (χ2v) is 5.46. The fourth-order valence-corrected chi connectivity index (χ4v) is 2.52. The number of hydrogen-bond acceptors (Lipinski definition) is 1. The number of ketones is 1. The molecule has 0 heterocycles. The topological polar surface area (TPSA) is 17.1 Å². The zero-order chi connectivity index (χ0) is 14.1. The van der Waals surface area contributed by atoms with Crippen LogP contribution in [-0.2, 0) is 10.2 Å². The Kier molecular flexibility index (Phi) is 4.20. The van der Waals surface area contributed by atoms with Crippen molar-refractivity contribution in [3.8, 4) is 0 Å². The number of carbonyl (C=O) groups excluding carboxylic acids is 1. The molecule has 0 aliphatic heterocycles. The van der Waals surface area contributed by atoms with Gasteiger partial charge < -0.3 is 0 Å². The van der Waals surface area contributed by atoms with Crippen LogP contribution < -0.4 is 0 Å². The van der Waals surface area contributed by atoms with Gasteiger partial charge in [-0.2, -0.15) is 13.2 Å². The van der Waals surface area contributed by atoms with E-state index in [1.165, 1.54) is 19.9 Å². The van der Waals surface area contributed by atoms with E-state index in [4.69, 9.17) is 0 Å². The number of hydrogen-bond donors (Lipinski definition) is 0. The highest BCUT2D eigenvalue weighted by Gasteiger charge is 2.41. The van der Waals surface area contributed by atoms with Crippen LogP contribution >= 0.6 is 15.9 Å². The third kappa shape index (κ3) is 3.54. The monoisotopic (exact) mass is 326 g/mol. The van der Waals surface area contributed by atoms with E-state index in [1.54, 1.807) is 0 Å². The predicted molar refractivity (Wildman–Crippen MR) is 62.8 cm³/mol. The molecule has 1 aromatic rings. The zero-order valence-corrected chi connectivity index (χ0v) is 11.3. The fourth-order valence-electron chi connectivity index (χ4n) is 1.64. The molecule has 0 aliphatic carbocycles. The summed E-state index contributed by atoms with van der Waals surface area (Å²) in [6.07, 6.45) is -5.52. The largest absolute Gasteiger partial charge is 0.450 e. The summed E-state index contributed by atoms with van der Waals surface area (Å²) < 4.78 is 50.0. The molecule has 1 nitrogen and oxygen atoms in total. The minimum atomic E-state index is -4.84. The first-order valence-electron chi connectivity index (χ1n) is 5.09. The smallest absolute Gasteiger partial charge is 0.290 e. The molecule has 18 heavy (non-hydrogen) atoms. The van der Waals surface area contributed by atoms with Gasteiger partial charge >= 0.3 is 6.18 Å². The molecule has 0 unspecified atom stereocenters. The maximum absolute atomic E-state index is 12.9. The van der Waals surface area contributed by atoms with Crippen LogP contribution in [0.4, 0.5) is 17.6 Å². The van der Waals surface area contributed by atoms with Crippen molar-refractivity contribution < 1.29 is 22.4 Å².